The van der Waals surface area contributed by atoms with E-state index in [0.717, 1.165) is 43.4 Å². The van der Waals surface area contributed by atoms with Gasteiger partial charge in [-0.2, -0.15) is 0 Å². The van der Waals surface area contributed by atoms with Gasteiger partial charge >= 0.3 is 0 Å². The van der Waals surface area contributed by atoms with Crippen molar-refractivity contribution in [2.75, 3.05) is 80.5 Å². The third-order valence-electron chi connectivity index (χ3n) is 18.8. The van der Waals surface area contributed by atoms with Crippen LogP contribution in [0.4, 0.5) is 0 Å². The number of fused-ring (bicyclic) bond motifs is 4. The highest BCUT2D eigenvalue weighted by Gasteiger charge is 2.44. The van der Waals surface area contributed by atoms with Crippen molar-refractivity contribution in [3.05, 3.63) is 120 Å². The summed E-state index contributed by atoms with van der Waals surface area (Å²) >= 11 is 0. The highest BCUT2D eigenvalue weighted by Crippen LogP contribution is 2.32. The summed E-state index contributed by atoms with van der Waals surface area (Å²) in [6.45, 7) is 6.47. The predicted molar refractivity (Wildman–Crippen MR) is 369 cm³/mol. The van der Waals surface area contributed by atoms with Crippen LogP contribution < -0.4 is 33.6 Å². The van der Waals surface area contributed by atoms with Gasteiger partial charge in [-0.3, -0.25) is 48.3 Å². The van der Waals surface area contributed by atoms with Crippen LogP contribution in [0.2, 0.25) is 0 Å². The van der Waals surface area contributed by atoms with Crippen LogP contribution in [0.3, 0.4) is 0 Å². The minimum Gasteiger partial charge on any atom is -0.354 e. The van der Waals surface area contributed by atoms with Gasteiger partial charge in [-0.25, -0.2) is 0 Å². The number of nitrogens with one attached hydrogen (secondary N) is 2. The number of carbonyl (C=O) groups is 8. The van der Waals surface area contributed by atoms with Crippen molar-refractivity contribution in [1.82, 2.24) is 50.0 Å². The number of unbranched alkanes of at least 4 members (excludes halogenated alkanes) is 2. The van der Waals surface area contributed by atoms with E-state index in [0.29, 0.717) is 126 Å². The van der Waals surface area contributed by atoms with Gasteiger partial charge in [0.25, 0.3) is 11.8 Å². The van der Waals surface area contributed by atoms with Crippen LogP contribution >= 0.6 is 0 Å². The number of aryl methyl sites for hydroxylation is 2. The number of nitrogens with two attached hydrogens (primary N) is 4. The Kier molecular flexibility index (Phi) is 25.9. The molecule has 504 valence electrons. The molecule has 94 heavy (non-hydrogen) atoms. The van der Waals surface area contributed by atoms with Gasteiger partial charge in [0, 0.05) is 65.1 Å². The molecule has 0 aliphatic carbocycles. The number of carbonyl (C=O) groups excluding carboxylic acids is 8. The molecule has 22 heteroatoms. The molecule has 22 nitrogen and oxygen atoms in total. The van der Waals surface area contributed by atoms with Gasteiger partial charge in [0.2, 0.25) is 35.4 Å². The molecule has 6 atom stereocenters. The summed E-state index contributed by atoms with van der Waals surface area (Å²) in [4.78, 5) is 138. The Bertz CT molecular complexity index is 3470. The molecule has 2 aromatic heterocycles. The summed E-state index contributed by atoms with van der Waals surface area (Å²) in [5.41, 5.74) is 26.9. The van der Waals surface area contributed by atoms with Crippen LogP contribution in [0.25, 0.3) is 43.4 Å². The predicted octanol–water partition coefficient (Wildman–Crippen LogP) is 5.96. The summed E-state index contributed by atoms with van der Waals surface area (Å²) in [5, 5.41) is 11.5. The first-order valence-corrected chi connectivity index (χ1v) is 33.8. The van der Waals surface area contributed by atoms with E-state index in [2.05, 4.69) is 10.6 Å². The molecule has 2 saturated heterocycles. The Hall–Kier alpha value is -8.44. The number of likely N-dealkylation sites (N-methyl/N-ethyl adjacent to an activating group) is 4. The molecule has 3 unspecified atom stereocenters. The Morgan fingerprint density at radius 1 is 0.489 bits per heavy atom. The average Bonchev–Trinajstić information content (AvgIpc) is 1.05. The quantitative estimate of drug-likeness (QED) is 0.0161. The van der Waals surface area contributed by atoms with E-state index in [1.54, 1.807) is 36.0 Å². The number of pyridine rings is 2. The van der Waals surface area contributed by atoms with E-state index in [1.807, 2.05) is 98.8 Å². The molecule has 4 heterocycles. The first-order valence-electron chi connectivity index (χ1n) is 33.8. The highest BCUT2D eigenvalue weighted by atomic mass is 16.2. The van der Waals surface area contributed by atoms with Crippen molar-refractivity contribution in [1.29, 1.82) is 0 Å². The van der Waals surface area contributed by atoms with Crippen LogP contribution in [0.1, 0.15) is 136 Å². The van der Waals surface area contributed by atoms with Gasteiger partial charge in [0.15, 0.2) is 0 Å². The van der Waals surface area contributed by atoms with E-state index in [9.17, 15) is 19.2 Å². The van der Waals surface area contributed by atoms with Crippen LogP contribution in [-0.2, 0) is 41.6 Å². The summed E-state index contributed by atoms with van der Waals surface area (Å²) in [6.07, 6.45) is 9.64. The standard InChI is InChI=1S/C72H98N14O8/c1-7-55-53(43-51-41-47-23-9-11-25-49(47)45-57(51)79-55)67(89)85-39-19-31-63(85)71(93)83(5)61(69(91)81(3)59(27-15-17-33-73)65(87)77-37-21-35-75)29-13-14-30-62(70(92)82(4)60(28-16-18-34-74)66(88)78-38-22-36-76)84(6)72(94)64-32-20-40-86(64)68(90)54-44-52-42-48-24-10-12-26-50(48)46-58(52)80-56(54)8-2/h9-14,23-26,41-46,59-64H,7-8,15-22,27-40,73-76H2,1-6H3,(H,77,87)(H,78,88)/t59-,60-,61-,62?,63?,64?/m0/s1. The fraction of sp³-hybridized carbons (Fsp3) is 0.500. The van der Waals surface area contributed by atoms with E-state index < -0.39 is 59.9 Å². The van der Waals surface area contributed by atoms with Crippen molar-refractivity contribution in [3.8, 4) is 0 Å². The Balaban J connectivity index is 1.12. The lowest BCUT2D eigenvalue weighted by molar-refractivity contribution is -0.149. The Morgan fingerprint density at radius 3 is 1.20 bits per heavy atom. The monoisotopic (exact) mass is 1290 g/mol. The van der Waals surface area contributed by atoms with Gasteiger partial charge < -0.3 is 63.0 Å². The molecular weight excluding hydrogens is 1190 g/mol. The summed E-state index contributed by atoms with van der Waals surface area (Å²) in [7, 11) is 6.15. The van der Waals surface area contributed by atoms with Gasteiger partial charge in [0.1, 0.15) is 36.3 Å². The number of amides is 8. The zero-order valence-corrected chi connectivity index (χ0v) is 55.8. The lowest BCUT2D eigenvalue weighted by Gasteiger charge is -2.37. The van der Waals surface area contributed by atoms with Crippen LogP contribution in [-0.4, -0.2) is 203 Å². The second-order valence-corrected chi connectivity index (χ2v) is 25.0. The zero-order chi connectivity index (χ0) is 67.6. The maximum Gasteiger partial charge on any atom is 0.256 e. The Labute approximate surface area is 552 Å². The van der Waals surface area contributed by atoms with Crippen LogP contribution in [0, 0.1) is 0 Å². The number of nitrogens with zero attached hydrogens (tertiary/aromatic N) is 8. The molecular formula is C72H98N14O8. The summed E-state index contributed by atoms with van der Waals surface area (Å²) in [5.74, 6) is -3.50. The number of hydrogen-bond donors (Lipinski definition) is 6. The van der Waals surface area contributed by atoms with Gasteiger partial charge in [-0.05, 0) is 187 Å². The fourth-order valence-electron chi connectivity index (χ4n) is 13.2. The van der Waals surface area contributed by atoms with E-state index in [-0.39, 0.29) is 75.5 Å². The molecule has 6 aromatic rings. The Morgan fingerprint density at radius 2 is 0.851 bits per heavy atom. The minimum atomic E-state index is -1.24. The summed E-state index contributed by atoms with van der Waals surface area (Å²) in [6, 6.07) is 21.4. The van der Waals surface area contributed by atoms with E-state index in [4.69, 9.17) is 32.9 Å². The number of hydrogen-bond acceptors (Lipinski definition) is 14. The third-order valence-corrected chi connectivity index (χ3v) is 18.8. The normalized spacial score (nSPS) is 16.1. The molecule has 0 saturated carbocycles. The minimum absolute atomic E-state index is 0.112. The van der Waals surface area contributed by atoms with Gasteiger partial charge in [0.05, 0.1) is 33.5 Å². The fourth-order valence-corrected chi connectivity index (χ4v) is 13.2. The molecule has 0 spiro atoms. The first kappa shape index (κ1) is 71.4. The second-order valence-electron chi connectivity index (χ2n) is 25.0. The lowest BCUT2D eigenvalue weighted by Crippen LogP contribution is -2.57. The topological polar surface area (TPSA) is 310 Å². The van der Waals surface area contributed by atoms with Gasteiger partial charge in [-0.1, -0.05) is 74.5 Å². The molecule has 10 N–H and O–H groups in total. The van der Waals surface area contributed by atoms with Crippen molar-refractivity contribution in [2.45, 2.75) is 153 Å². The highest BCUT2D eigenvalue weighted by molar-refractivity contribution is 6.06. The van der Waals surface area contributed by atoms with Crippen molar-refractivity contribution < 1.29 is 38.4 Å². The van der Waals surface area contributed by atoms with Crippen molar-refractivity contribution in [3.63, 3.8) is 0 Å². The molecule has 2 aliphatic heterocycles. The maximum atomic E-state index is 15.4. The van der Waals surface area contributed by atoms with Gasteiger partial charge in [-0.15, -0.1) is 0 Å². The first-order chi connectivity index (χ1) is 45.4. The van der Waals surface area contributed by atoms with E-state index in [1.165, 1.54) is 33.7 Å². The van der Waals surface area contributed by atoms with Crippen molar-refractivity contribution in [2.24, 2.45) is 22.9 Å². The zero-order valence-electron chi connectivity index (χ0n) is 55.8. The average molecular weight is 1290 g/mol. The van der Waals surface area contributed by atoms with Crippen LogP contribution in [0.15, 0.2) is 97.1 Å². The molecule has 2 fully saturated rings. The number of likely N-dealkylation sites (tertiary alicyclic amines) is 2. The lowest BCUT2D eigenvalue weighted by atomic mass is 10.0. The molecule has 8 rings (SSSR count). The maximum absolute atomic E-state index is 15.4. The SMILES string of the molecule is CCc1nc2cc3ccccc3cc2cc1C(=O)N1CCCC1C(=O)N(C)C(CC=CC[C@@H](C(=O)N(C)[C@@H](CCCCN)C(=O)NCCCN)N(C)C(=O)C1CCCN1C(=O)c1cc2cc3ccccc3cc2nc1CC)C(=O)N(C)[C@@H](CCCCN)C(=O)NCCCN. The smallest absolute Gasteiger partial charge is 0.256 e. The molecule has 4 aromatic carbocycles. The second kappa shape index (κ2) is 34.1. The van der Waals surface area contributed by atoms with E-state index >= 15 is 19.2 Å². The number of aromatic nitrogens is 2. The summed E-state index contributed by atoms with van der Waals surface area (Å²) < 4.78 is 0. The number of rotatable bonds is 32. The molecule has 0 bridgehead atoms. The molecule has 0 radical (unpaired) electrons. The largest absolute Gasteiger partial charge is 0.354 e. The number of benzene rings is 4. The molecule has 8 amide bonds. The van der Waals surface area contributed by atoms with Crippen molar-refractivity contribution >= 4 is 90.6 Å². The molecule has 2 aliphatic rings. The van der Waals surface area contributed by atoms with Crippen LogP contribution in [0.5, 0.6) is 0 Å². The third kappa shape index (κ3) is 16.7.